The van der Waals surface area contributed by atoms with Gasteiger partial charge >= 0.3 is 0 Å². The van der Waals surface area contributed by atoms with Crippen LogP contribution < -0.4 is 30.1 Å². The molecule has 0 spiro atoms. The van der Waals surface area contributed by atoms with E-state index in [0.717, 1.165) is 107 Å². The second-order valence-corrected chi connectivity index (χ2v) is 35.2. The molecule has 17 aromatic rings. The van der Waals surface area contributed by atoms with Gasteiger partial charge in [-0.05, 0) is 201 Å². The van der Waals surface area contributed by atoms with Crippen molar-refractivity contribution in [2.45, 2.75) is 104 Å². The number of hydrogen-bond donors (Lipinski definition) is 0. The molecule has 6 nitrogen and oxygen atoms in total. The molecule has 0 atom stereocenters. The average molecular weight is 1420 g/mol. The van der Waals surface area contributed by atoms with E-state index in [1.165, 1.54) is 5.56 Å². The second-order valence-electron chi connectivity index (χ2n) is 31.7. The second kappa shape index (κ2) is 24.6. The maximum absolute atomic E-state index is 11.4. The van der Waals surface area contributed by atoms with Crippen molar-refractivity contribution in [1.82, 2.24) is 18.7 Å². The molecular weight excluding hydrogens is 1320 g/mol. The van der Waals surface area contributed by atoms with Gasteiger partial charge in [-0.25, -0.2) is 4.98 Å². The summed E-state index contributed by atoms with van der Waals surface area (Å²) in [6, 6.07) is 43.6. The first-order valence-corrected chi connectivity index (χ1v) is 38.3. The molecule has 7 heteroatoms. The molecule has 0 N–H and O–H groups in total. The molecule has 1 aliphatic carbocycles. The van der Waals surface area contributed by atoms with Gasteiger partial charge in [0.2, 0.25) is 0 Å². The Balaban J connectivity index is 0.992. The van der Waals surface area contributed by atoms with Crippen LogP contribution in [0.3, 0.4) is 0 Å². The molecule has 4 aromatic heterocycles. The number of pyridine rings is 1. The molecule has 0 fully saturated rings. The van der Waals surface area contributed by atoms with Crippen LogP contribution in [0.1, 0.15) is 130 Å². The lowest BCUT2D eigenvalue weighted by Gasteiger charge is -2.42. The van der Waals surface area contributed by atoms with Crippen molar-refractivity contribution in [1.29, 1.82) is 0 Å². The molecule has 0 saturated heterocycles. The van der Waals surface area contributed by atoms with Crippen molar-refractivity contribution in [3.63, 3.8) is 0 Å². The minimum absolute atomic E-state index is 0.0135. The SMILES string of the molecule is [2H]c1c([2H])c([2H])c([Si](c2c([2H])c([2H])c([2H])c([2H])c2[2H])(c2c([2H])c([2H])c([2H])c([2H])c2[2H])c2c([2H])c([2H])c([2H])c(-c3cc4c5c(c3)n(-c3cccc(Oc6ccc7c8ccccc8n(-c8cc(C(C)(C)C)ccn8)c7c6)c3)[c-][n+]5-c3c(cc(C(C)(C)C)cc3-n3c5ccccc5c5ccccc53)-c3cc5c(cc3-c3ccccc3-4)C(C)(C)CCC5(C)C)c2[2H])c([2H])c1[2H]. The Bertz CT molecular complexity index is 7370. The number of benzene rings is 13. The Morgan fingerprint density at radius 2 is 0.963 bits per heavy atom. The maximum Gasteiger partial charge on any atom is 0.269 e. The summed E-state index contributed by atoms with van der Waals surface area (Å²) in [6.07, 6.45) is 7.62. The zero-order chi connectivity index (χ0) is 89.4. The van der Waals surface area contributed by atoms with E-state index in [1.54, 1.807) is 12.1 Å². The van der Waals surface area contributed by atoms with Crippen molar-refractivity contribution in [3.8, 4) is 78.9 Å². The summed E-state index contributed by atoms with van der Waals surface area (Å²) in [5, 5.41) is 0.265. The lowest BCUT2D eigenvalue weighted by molar-refractivity contribution is -0.571. The number of imidazole rings is 1. The number of hydrogen-bond acceptors (Lipinski definition) is 2. The molecule has 5 heterocycles. The molecule has 1 aliphatic heterocycles. The highest BCUT2D eigenvalue weighted by Crippen LogP contribution is 2.54. The molecular formula is C100H85N5OSi. The molecule has 2 aliphatic rings. The molecule has 0 saturated carbocycles. The van der Waals surface area contributed by atoms with E-state index in [2.05, 4.69) is 162 Å². The fourth-order valence-electron chi connectivity index (χ4n) is 16.6. The molecule has 19 rings (SSSR count). The number of ether oxygens (including phenoxy) is 1. The Morgan fingerprint density at radius 3 is 1.56 bits per heavy atom. The van der Waals surface area contributed by atoms with E-state index in [-0.39, 0.29) is 21.8 Å². The minimum Gasteiger partial charge on any atom is -0.458 e. The van der Waals surface area contributed by atoms with E-state index in [0.29, 0.717) is 45.0 Å². The van der Waals surface area contributed by atoms with Gasteiger partial charge in [0.05, 0.1) is 76.2 Å². The summed E-state index contributed by atoms with van der Waals surface area (Å²) < 4.78 is 202. The van der Waals surface area contributed by atoms with Gasteiger partial charge in [-0.3, -0.25) is 13.7 Å². The monoisotopic (exact) mass is 1420 g/mol. The first kappa shape index (κ1) is 48.3. The summed E-state index contributed by atoms with van der Waals surface area (Å²) in [4.78, 5) is 4.96. The fraction of sp³-hybridized carbons (Fsp3) is 0.160. The number of nitrogens with zero attached hydrogens (tertiary/aromatic N) is 5. The van der Waals surface area contributed by atoms with E-state index in [4.69, 9.17) is 13.8 Å². The zero-order valence-corrected chi connectivity index (χ0v) is 62.0. The number of fused-ring (bicyclic) bond motifs is 14. The normalized spacial score (nSPS) is 16.4. The predicted octanol–water partition coefficient (Wildman–Crippen LogP) is 22.4. The molecule has 0 radical (unpaired) electrons. The highest BCUT2D eigenvalue weighted by atomic mass is 28.3. The van der Waals surface area contributed by atoms with Crippen molar-refractivity contribution < 1.29 is 35.3 Å². The zero-order valence-electron chi connectivity index (χ0n) is 80.0. The van der Waals surface area contributed by atoms with E-state index in [9.17, 15) is 21.9 Å². The van der Waals surface area contributed by atoms with E-state index >= 15 is 0 Å². The summed E-state index contributed by atoms with van der Waals surface area (Å²) in [6.45, 7) is 22.3. The van der Waals surface area contributed by atoms with E-state index in [1.807, 2.05) is 114 Å². The van der Waals surface area contributed by atoms with Crippen LogP contribution in [0.2, 0.25) is 0 Å². The van der Waals surface area contributed by atoms with Crippen LogP contribution in [-0.4, -0.2) is 26.8 Å². The van der Waals surface area contributed by atoms with Crippen LogP contribution in [0.25, 0.3) is 122 Å². The smallest absolute Gasteiger partial charge is 0.269 e. The average Bonchev–Trinajstić information content (AvgIpc) is 0.804. The summed E-state index contributed by atoms with van der Waals surface area (Å²) in [7, 11) is -6.34. The van der Waals surface area contributed by atoms with Gasteiger partial charge in [0.1, 0.15) is 17.3 Å². The fourth-order valence-corrected chi connectivity index (χ4v) is 20.2. The van der Waals surface area contributed by atoms with Crippen molar-refractivity contribution in [2.24, 2.45) is 0 Å². The van der Waals surface area contributed by atoms with Crippen LogP contribution in [0.4, 0.5) is 0 Å². The highest BCUT2D eigenvalue weighted by Gasteiger charge is 2.43. The lowest BCUT2D eigenvalue weighted by atomic mass is 9.62. The molecule has 107 heavy (non-hydrogen) atoms. The van der Waals surface area contributed by atoms with Gasteiger partial charge in [0.25, 0.3) is 6.33 Å². The first-order valence-electron chi connectivity index (χ1n) is 45.8. The minimum atomic E-state index is -6.34. The largest absolute Gasteiger partial charge is 0.458 e. The number of aromatic nitrogens is 5. The highest BCUT2D eigenvalue weighted by molar-refractivity contribution is 7.20. The quantitative estimate of drug-likeness (QED) is 0.0593. The third kappa shape index (κ3) is 10.6. The van der Waals surface area contributed by atoms with Crippen LogP contribution in [0.15, 0.2) is 309 Å². The Kier molecular flexibility index (Phi) is 11.1. The lowest BCUT2D eigenvalue weighted by Crippen LogP contribution is -2.74. The van der Waals surface area contributed by atoms with Crippen molar-refractivity contribution >= 4 is 83.5 Å². The molecule has 13 aromatic carbocycles. The third-order valence-corrected chi connectivity index (χ3v) is 26.3. The first-order chi connectivity index (χ1) is 59.7. The maximum atomic E-state index is 11.4. The van der Waals surface area contributed by atoms with Crippen molar-refractivity contribution in [2.75, 3.05) is 0 Å². The van der Waals surface area contributed by atoms with Crippen LogP contribution >= 0.6 is 0 Å². The summed E-state index contributed by atoms with van der Waals surface area (Å²) in [5.41, 5.74) is 13.5. The summed E-state index contributed by atoms with van der Waals surface area (Å²) >= 11 is 0. The molecule has 0 bridgehead atoms. The Labute approximate surface area is 654 Å². The van der Waals surface area contributed by atoms with Gasteiger partial charge in [-0.1, -0.05) is 287 Å². The topological polar surface area (TPSA) is 40.8 Å². The van der Waals surface area contributed by atoms with Gasteiger partial charge in [-0.2, -0.15) is 0 Å². The van der Waals surface area contributed by atoms with Gasteiger partial charge in [0, 0.05) is 33.8 Å². The molecule has 0 amide bonds. The van der Waals surface area contributed by atoms with Crippen molar-refractivity contribution in [3.05, 3.63) is 338 Å². The van der Waals surface area contributed by atoms with Gasteiger partial charge in [0.15, 0.2) is 8.07 Å². The Morgan fingerprint density at radius 1 is 0.430 bits per heavy atom. The van der Waals surface area contributed by atoms with Gasteiger partial charge in [-0.15, -0.1) is 0 Å². The van der Waals surface area contributed by atoms with Crippen LogP contribution in [-0.2, 0) is 21.7 Å². The van der Waals surface area contributed by atoms with E-state index < -0.39 is 155 Å². The number of rotatable bonds is 10. The third-order valence-electron chi connectivity index (χ3n) is 22.3. The van der Waals surface area contributed by atoms with Crippen LogP contribution in [0, 0.1) is 6.33 Å². The van der Waals surface area contributed by atoms with Gasteiger partial charge < -0.3 is 9.30 Å². The standard InChI is InChI=1S/C100H85N5OSi/c1-97(2,3)67-50-53-101-94(59-67)105-90-47-27-24-44-80(90)81-49-48-71(61-91(81)105)106-70-32-29-31-69(60-70)102-64-103-95-84(55-66(56-92(95)102)65-30-28-39-75(54-65)107(72-33-14-11-15-34-72,73-35-16-12-17-36-73)74-37-18-13-19-38-74)77-41-21-20-40-76(77)82-62-86-87(100(9,10)52-51-99(86,7)8)63-83(82)85-57-68(98(4,5)6)58-93(96(85)103)104-88-45-25-22-42-78(88)79-43-23-26-46-89(79)104/h11-50,53-63H,51-52H2,1-10H3/i11D,12D,13D,14D,15D,16D,17D,18D,19D,28D,30D,33D,34D,35D,36D,37D,38D,39D,54D. The number of para-hydroxylation sites is 3. The van der Waals surface area contributed by atoms with Crippen LogP contribution in [0.5, 0.6) is 11.5 Å². The molecule has 0 unspecified atom stereocenters. The molecule has 520 valence electrons. The summed E-state index contributed by atoms with van der Waals surface area (Å²) in [5.74, 6) is 1.61. The predicted molar refractivity (Wildman–Crippen MR) is 448 cm³/mol. The Hall–Kier alpha value is -11.9.